The molecule has 0 aliphatic rings. The van der Waals surface area contributed by atoms with Crippen LogP contribution in [-0.2, 0) is 16.6 Å². The second-order valence-electron chi connectivity index (χ2n) is 5.19. The number of halogens is 1. The number of hydrogen-bond acceptors (Lipinski definition) is 5. The molecule has 0 saturated carbocycles. The summed E-state index contributed by atoms with van der Waals surface area (Å²) in [5, 5.41) is 11.2. The van der Waals surface area contributed by atoms with Crippen molar-refractivity contribution in [3.8, 4) is 5.75 Å². The number of nitro benzene ring substituents is 1. The topological polar surface area (TPSA) is 89.8 Å². The number of anilines is 1. The van der Waals surface area contributed by atoms with Gasteiger partial charge < -0.3 is 4.74 Å². The molecule has 0 heterocycles. The summed E-state index contributed by atoms with van der Waals surface area (Å²) < 4.78 is 30.2. The molecule has 9 heteroatoms. The van der Waals surface area contributed by atoms with Crippen LogP contribution in [0.3, 0.4) is 0 Å². The van der Waals surface area contributed by atoms with E-state index in [0.717, 1.165) is 4.31 Å². The maximum absolute atomic E-state index is 12.6. The minimum Gasteiger partial charge on any atom is -0.490 e. The molecular formula is C16H17ClN2O5S. The fourth-order valence-electron chi connectivity index (χ4n) is 2.24. The minimum absolute atomic E-state index is 0.0890. The van der Waals surface area contributed by atoms with Gasteiger partial charge in [0.15, 0.2) is 10.5 Å². The van der Waals surface area contributed by atoms with Crippen molar-refractivity contribution in [1.29, 1.82) is 0 Å². The highest BCUT2D eigenvalue weighted by molar-refractivity contribution is 7.94. The molecule has 0 aliphatic carbocycles. The molecule has 0 unspecified atom stereocenters. The molecule has 2 aromatic rings. The summed E-state index contributed by atoms with van der Waals surface area (Å²) in [7, 11) is -2.51. The number of ether oxygens (including phenoxy) is 1. The van der Waals surface area contributed by atoms with Crippen LogP contribution in [0.2, 0.25) is 0 Å². The molecule has 0 aromatic heterocycles. The molecule has 0 radical (unpaired) electrons. The molecule has 0 spiro atoms. The van der Waals surface area contributed by atoms with E-state index < -0.39 is 19.7 Å². The van der Waals surface area contributed by atoms with Crippen LogP contribution in [-0.4, -0.2) is 25.2 Å². The van der Waals surface area contributed by atoms with Gasteiger partial charge in [-0.05, 0) is 30.7 Å². The number of rotatable bonds is 7. The first-order valence-electron chi connectivity index (χ1n) is 7.29. The van der Waals surface area contributed by atoms with Gasteiger partial charge in [0, 0.05) is 6.07 Å². The molecule has 0 aliphatic heterocycles. The van der Waals surface area contributed by atoms with Crippen LogP contribution in [0.4, 0.5) is 11.4 Å². The highest BCUT2D eigenvalue weighted by Crippen LogP contribution is 2.30. The zero-order valence-electron chi connectivity index (χ0n) is 13.6. The number of methoxy groups -OCH3 is 1. The minimum atomic E-state index is -3.84. The maximum Gasteiger partial charge on any atom is 0.311 e. The Kier molecular flexibility index (Phi) is 5.86. The van der Waals surface area contributed by atoms with E-state index in [0.29, 0.717) is 11.3 Å². The lowest BCUT2D eigenvalue weighted by molar-refractivity contribution is -0.385. The summed E-state index contributed by atoms with van der Waals surface area (Å²) in [6, 6.07) is 12.7. The number of nitro groups is 1. The first kappa shape index (κ1) is 19.0. The van der Waals surface area contributed by atoms with Crippen LogP contribution in [0.25, 0.3) is 0 Å². The monoisotopic (exact) mass is 384 g/mol. The van der Waals surface area contributed by atoms with Gasteiger partial charge in [-0.15, -0.1) is 11.6 Å². The largest absolute Gasteiger partial charge is 0.490 e. The molecule has 0 amide bonds. The van der Waals surface area contributed by atoms with Crippen LogP contribution in [0.1, 0.15) is 12.5 Å². The van der Waals surface area contributed by atoms with Crippen molar-refractivity contribution in [3.63, 3.8) is 0 Å². The summed E-state index contributed by atoms with van der Waals surface area (Å²) in [5.74, 6) is 0.105. The van der Waals surface area contributed by atoms with Crippen molar-refractivity contribution in [3.05, 3.63) is 64.2 Å². The van der Waals surface area contributed by atoms with Crippen LogP contribution in [0, 0.1) is 10.1 Å². The predicted molar refractivity (Wildman–Crippen MR) is 96.5 cm³/mol. The van der Waals surface area contributed by atoms with Crippen molar-refractivity contribution in [1.82, 2.24) is 0 Å². The average molecular weight is 385 g/mol. The van der Waals surface area contributed by atoms with Crippen molar-refractivity contribution >= 4 is 33.0 Å². The van der Waals surface area contributed by atoms with E-state index in [4.69, 9.17) is 16.3 Å². The second-order valence-corrected chi connectivity index (χ2v) is 8.28. The molecule has 2 rings (SSSR count). The molecule has 7 nitrogen and oxygen atoms in total. The smallest absolute Gasteiger partial charge is 0.311 e. The van der Waals surface area contributed by atoms with Gasteiger partial charge in [0.05, 0.1) is 24.3 Å². The molecule has 2 aromatic carbocycles. The summed E-state index contributed by atoms with van der Waals surface area (Å²) in [5.41, 5.74) is 0.634. The standard InChI is InChI=1S/C16H17ClN2O5S/c1-12(17)25(22,23)18(14-6-4-3-5-7-14)11-13-8-9-16(24-2)15(10-13)19(20)21/h3-10,12H,11H2,1-2H3/t12-/m1/s1. The Bertz CT molecular complexity index is 856. The molecule has 0 bridgehead atoms. The van der Waals surface area contributed by atoms with E-state index in [2.05, 4.69) is 0 Å². The van der Waals surface area contributed by atoms with Crippen LogP contribution < -0.4 is 9.04 Å². The molecule has 0 saturated heterocycles. The van der Waals surface area contributed by atoms with Gasteiger partial charge in [-0.3, -0.25) is 14.4 Å². The molecule has 0 N–H and O–H groups in total. The molecule has 0 fully saturated rings. The molecule has 1 atom stereocenters. The van der Waals surface area contributed by atoms with E-state index in [1.165, 1.54) is 26.2 Å². The van der Waals surface area contributed by atoms with Gasteiger partial charge in [-0.1, -0.05) is 24.3 Å². The van der Waals surface area contributed by atoms with E-state index in [-0.39, 0.29) is 18.0 Å². The van der Waals surface area contributed by atoms with Crippen LogP contribution in [0.15, 0.2) is 48.5 Å². The first-order valence-corrected chi connectivity index (χ1v) is 9.23. The third-order valence-electron chi connectivity index (χ3n) is 3.53. The number of nitrogens with zero attached hydrogens (tertiary/aromatic N) is 2. The number of alkyl halides is 1. The molecular weight excluding hydrogens is 368 g/mol. The lowest BCUT2D eigenvalue weighted by Crippen LogP contribution is -2.35. The van der Waals surface area contributed by atoms with Crippen molar-refractivity contribution in [2.75, 3.05) is 11.4 Å². The van der Waals surface area contributed by atoms with E-state index in [1.54, 1.807) is 36.4 Å². The SMILES string of the molecule is COc1ccc(CN(c2ccccc2)S(=O)(=O)[C@H](C)Cl)cc1[N+](=O)[O-]. The summed E-state index contributed by atoms with van der Waals surface area (Å²) in [4.78, 5) is 10.6. The van der Waals surface area contributed by atoms with E-state index in [1.807, 2.05) is 0 Å². The third kappa shape index (κ3) is 4.21. The lowest BCUT2D eigenvalue weighted by atomic mass is 10.2. The Balaban J connectivity index is 2.48. The first-order chi connectivity index (χ1) is 11.8. The quantitative estimate of drug-likeness (QED) is 0.414. The normalized spacial score (nSPS) is 12.4. The van der Waals surface area contributed by atoms with Crippen LogP contribution >= 0.6 is 11.6 Å². The van der Waals surface area contributed by atoms with Gasteiger partial charge in [0.25, 0.3) is 10.0 Å². The maximum atomic E-state index is 12.6. The summed E-state index contributed by atoms with van der Waals surface area (Å²) in [6.07, 6.45) is 0. The van der Waals surface area contributed by atoms with Crippen molar-refractivity contribution in [2.24, 2.45) is 0 Å². The molecule has 25 heavy (non-hydrogen) atoms. The Morgan fingerprint density at radius 2 is 1.88 bits per heavy atom. The highest BCUT2D eigenvalue weighted by atomic mass is 35.5. The summed E-state index contributed by atoms with van der Waals surface area (Å²) >= 11 is 5.85. The Labute approximate surface area is 151 Å². The van der Waals surface area contributed by atoms with Gasteiger partial charge in [0.2, 0.25) is 0 Å². The zero-order valence-corrected chi connectivity index (χ0v) is 15.2. The van der Waals surface area contributed by atoms with E-state index in [9.17, 15) is 18.5 Å². The number of sulfonamides is 1. The van der Waals surface area contributed by atoms with Gasteiger partial charge in [0.1, 0.15) is 0 Å². The number of hydrogen-bond donors (Lipinski definition) is 0. The summed E-state index contributed by atoms with van der Waals surface area (Å²) in [6.45, 7) is 1.28. The fraction of sp³-hybridized carbons (Fsp3) is 0.250. The predicted octanol–water partition coefficient (Wildman–Crippen LogP) is 3.52. The Morgan fingerprint density at radius 1 is 1.24 bits per heavy atom. The lowest BCUT2D eigenvalue weighted by Gasteiger charge is -2.25. The second kappa shape index (κ2) is 7.71. The Morgan fingerprint density at radius 3 is 2.40 bits per heavy atom. The third-order valence-corrected chi connectivity index (χ3v) is 5.98. The number of benzene rings is 2. The van der Waals surface area contributed by atoms with Crippen LogP contribution in [0.5, 0.6) is 5.75 Å². The molecule has 134 valence electrons. The Hall–Kier alpha value is -2.32. The van der Waals surface area contributed by atoms with Crippen molar-refractivity contribution in [2.45, 2.75) is 18.2 Å². The van der Waals surface area contributed by atoms with Gasteiger partial charge >= 0.3 is 5.69 Å². The highest BCUT2D eigenvalue weighted by Gasteiger charge is 2.28. The van der Waals surface area contributed by atoms with E-state index >= 15 is 0 Å². The zero-order chi connectivity index (χ0) is 18.6. The van der Waals surface area contributed by atoms with Crippen molar-refractivity contribution < 1.29 is 18.1 Å². The van der Waals surface area contributed by atoms with Gasteiger partial charge in [-0.2, -0.15) is 0 Å². The fourth-order valence-corrected chi connectivity index (χ4v) is 3.62. The average Bonchev–Trinajstić information content (AvgIpc) is 2.59. The van der Waals surface area contributed by atoms with Gasteiger partial charge in [-0.25, -0.2) is 8.42 Å². The number of para-hydroxylation sites is 1.